The van der Waals surface area contributed by atoms with Gasteiger partial charge in [-0.15, -0.1) is 11.3 Å². The number of hydrogen-bond donors (Lipinski definition) is 2. The lowest BCUT2D eigenvalue weighted by Gasteiger charge is -2.19. The Morgan fingerprint density at radius 3 is 2.48 bits per heavy atom. The van der Waals surface area contributed by atoms with Crippen LogP contribution in [0.3, 0.4) is 0 Å². The lowest BCUT2D eigenvalue weighted by atomic mass is 10.2. The molecule has 0 aliphatic heterocycles. The maximum atomic E-state index is 11.7. The van der Waals surface area contributed by atoms with Crippen LogP contribution >= 0.6 is 11.3 Å². The highest BCUT2D eigenvalue weighted by molar-refractivity contribution is 7.11. The number of hydrogen-bond acceptors (Lipinski definition) is 5. The first-order chi connectivity index (χ1) is 10.8. The van der Waals surface area contributed by atoms with Crippen molar-refractivity contribution in [2.45, 2.75) is 46.4 Å². The molecule has 1 aromatic carbocycles. The average Bonchev–Trinajstić information content (AvgIpc) is 2.84. The standard InChI is InChI=1S/C17H23N3O2S/c1-12-19-11-15(23-12)10-18-9-13-5-7-14(8-6-13)20-16(21)22-17(2,3)4/h5-8,11,18H,9-10H2,1-4H3,(H,20,21). The normalized spacial score (nSPS) is 11.3. The molecule has 0 unspecified atom stereocenters. The van der Waals surface area contributed by atoms with Gasteiger partial charge in [-0.1, -0.05) is 12.1 Å². The molecule has 0 saturated carbocycles. The van der Waals surface area contributed by atoms with Crippen LogP contribution < -0.4 is 10.6 Å². The van der Waals surface area contributed by atoms with E-state index in [1.54, 1.807) is 11.3 Å². The Morgan fingerprint density at radius 1 is 1.22 bits per heavy atom. The van der Waals surface area contributed by atoms with E-state index in [4.69, 9.17) is 4.74 Å². The molecule has 0 spiro atoms. The molecule has 2 rings (SSSR count). The third-order valence-electron chi connectivity index (χ3n) is 2.90. The second-order valence-corrected chi connectivity index (χ2v) is 7.59. The maximum Gasteiger partial charge on any atom is 0.412 e. The minimum absolute atomic E-state index is 0.441. The summed E-state index contributed by atoms with van der Waals surface area (Å²) < 4.78 is 5.22. The van der Waals surface area contributed by atoms with Crippen LogP contribution in [0.15, 0.2) is 30.5 Å². The zero-order valence-electron chi connectivity index (χ0n) is 14.0. The molecule has 124 valence electrons. The number of aromatic nitrogens is 1. The molecular formula is C17H23N3O2S. The molecule has 1 heterocycles. The molecule has 0 saturated heterocycles. The minimum Gasteiger partial charge on any atom is -0.444 e. The first-order valence-corrected chi connectivity index (χ1v) is 8.34. The van der Waals surface area contributed by atoms with E-state index in [0.717, 1.165) is 29.3 Å². The number of benzene rings is 1. The molecule has 0 fully saturated rings. The van der Waals surface area contributed by atoms with Crippen LogP contribution in [0.5, 0.6) is 0 Å². The Morgan fingerprint density at radius 2 is 1.91 bits per heavy atom. The summed E-state index contributed by atoms with van der Waals surface area (Å²) in [6.07, 6.45) is 1.46. The van der Waals surface area contributed by atoms with Crippen LogP contribution in [0.25, 0.3) is 0 Å². The van der Waals surface area contributed by atoms with Crippen molar-refractivity contribution in [3.8, 4) is 0 Å². The summed E-state index contributed by atoms with van der Waals surface area (Å²) in [7, 11) is 0. The van der Waals surface area contributed by atoms with Crippen molar-refractivity contribution in [1.82, 2.24) is 10.3 Å². The molecule has 5 nitrogen and oxygen atoms in total. The summed E-state index contributed by atoms with van der Waals surface area (Å²) in [5, 5.41) is 7.19. The number of carbonyl (C=O) groups excluding carboxylic acids is 1. The zero-order chi connectivity index (χ0) is 16.9. The van der Waals surface area contributed by atoms with E-state index in [1.807, 2.05) is 58.2 Å². The molecule has 1 aromatic heterocycles. The summed E-state index contributed by atoms with van der Waals surface area (Å²) in [6, 6.07) is 7.71. The van der Waals surface area contributed by atoms with E-state index in [1.165, 1.54) is 4.88 Å². The quantitative estimate of drug-likeness (QED) is 0.865. The predicted octanol–water partition coefficient (Wildman–Crippen LogP) is 4.09. The molecule has 2 N–H and O–H groups in total. The van der Waals surface area contributed by atoms with Gasteiger partial charge in [-0.05, 0) is 45.4 Å². The fourth-order valence-electron chi connectivity index (χ4n) is 1.94. The minimum atomic E-state index is -0.497. The fourth-order valence-corrected chi connectivity index (χ4v) is 2.71. The Labute approximate surface area is 141 Å². The first kappa shape index (κ1) is 17.4. The largest absolute Gasteiger partial charge is 0.444 e. The van der Waals surface area contributed by atoms with Gasteiger partial charge in [0.25, 0.3) is 0 Å². The maximum absolute atomic E-state index is 11.7. The highest BCUT2D eigenvalue weighted by Gasteiger charge is 2.15. The number of aryl methyl sites for hydroxylation is 1. The Balaban J connectivity index is 1.79. The van der Waals surface area contributed by atoms with Crippen LogP contribution in [0.1, 0.15) is 36.2 Å². The molecule has 0 aliphatic carbocycles. The molecule has 0 aliphatic rings. The van der Waals surface area contributed by atoms with Gasteiger partial charge in [0.1, 0.15) is 5.60 Å². The van der Waals surface area contributed by atoms with Crippen molar-refractivity contribution in [3.63, 3.8) is 0 Å². The number of nitrogens with zero attached hydrogens (tertiary/aromatic N) is 1. The van der Waals surface area contributed by atoms with Crippen LogP contribution in [-0.4, -0.2) is 16.7 Å². The van der Waals surface area contributed by atoms with Gasteiger partial charge in [0, 0.05) is 29.9 Å². The van der Waals surface area contributed by atoms with Gasteiger partial charge in [-0.3, -0.25) is 5.32 Å². The van der Waals surface area contributed by atoms with Gasteiger partial charge in [0.15, 0.2) is 0 Å². The summed E-state index contributed by atoms with van der Waals surface area (Å²) >= 11 is 1.70. The molecule has 0 radical (unpaired) electrons. The number of nitrogens with one attached hydrogen (secondary N) is 2. The van der Waals surface area contributed by atoms with E-state index < -0.39 is 11.7 Å². The smallest absolute Gasteiger partial charge is 0.412 e. The van der Waals surface area contributed by atoms with Crippen molar-refractivity contribution in [1.29, 1.82) is 0 Å². The molecule has 1 amide bonds. The number of anilines is 1. The van der Waals surface area contributed by atoms with E-state index in [2.05, 4.69) is 15.6 Å². The molecule has 0 atom stereocenters. The number of carbonyl (C=O) groups is 1. The fraction of sp³-hybridized carbons (Fsp3) is 0.412. The van der Waals surface area contributed by atoms with Crippen LogP contribution in [0.4, 0.5) is 10.5 Å². The zero-order valence-corrected chi connectivity index (χ0v) is 14.8. The van der Waals surface area contributed by atoms with E-state index in [9.17, 15) is 4.79 Å². The summed E-state index contributed by atoms with van der Waals surface area (Å²) in [5.41, 5.74) is 1.38. The molecular weight excluding hydrogens is 310 g/mol. The lowest BCUT2D eigenvalue weighted by Crippen LogP contribution is -2.27. The van der Waals surface area contributed by atoms with Gasteiger partial charge in [0.05, 0.1) is 5.01 Å². The van der Waals surface area contributed by atoms with Gasteiger partial charge in [0.2, 0.25) is 0 Å². The van der Waals surface area contributed by atoms with Crippen LogP contribution in [0, 0.1) is 6.92 Å². The van der Waals surface area contributed by atoms with Crippen molar-refractivity contribution < 1.29 is 9.53 Å². The van der Waals surface area contributed by atoms with E-state index in [0.29, 0.717) is 0 Å². The summed E-state index contributed by atoms with van der Waals surface area (Å²) in [5.74, 6) is 0. The number of ether oxygens (including phenoxy) is 1. The lowest BCUT2D eigenvalue weighted by molar-refractivity contribution is 0.0636. The van der Waals surface area contributed by atoms with Gasteiger partial charge in [-0.2, -0.15) is 0 Å². The highest BCUT2D eigenvalue weighted by Crippen LogP contribution is 2.14. The Bertz CT molecular complexity index is 645. The SMILES string of the molecule is Cc1ncc(CNCc2ccc(NC(=O)OC(C)(C)C)cc2)s1. The number of rotatable bonds is 5. The number of amides is 1. The van der Waals surface area contributed by atoms with E-state index >= 15 is 0 Å². The second-order valence-electron chi connectivity index (χ2n) is 6.27. The Kier molecular flexibility index (Phi) is 5.74. The molecule has 0 bridgehead atoms. The third-order valence-corrected chi connectivity index (χ3v) is 3.81. The van der Waals surface area contributed by atoms with Gasteiger partial charge < -0.3 is 10.1 Å². The number of thiazole rings is 1. The first-order valence-electron chi connectivity index (χ1n) is 7.53. The predicted molar refractivity (Wildman–Crippen MR) is 93.7 cm³/mol. The van der Waals surface area contributed by atoms with Crippen molar-refractivity contribution in [2.24, 2.45) is 0 Å². The average molecular weight is 333 g/mol. The second kappa shape index (κ2) is 7.57. The molecule has 2 aromatic rings. The van der Waals surface area contributed by atoms with Crippen molar-refractivity contribution in [3.05, 3.63) is 45.9 Å². The third kappa shape index (κ3) is 6.38. The summed E-state index contributed by atoms with van der Waals surface area (Å²) in [4.78, 5) is 17.2. The van der Waals surface area contributed by atoms with E-state index in [-0.39, 0.29) is 0 Å². The van der Waals surface area contributed by atoms with Crippen molar-refractivity contribution >= 4 is 23.1 Å². The van der Waals surface area contributed by atoms with Gasteiger partial charge in [-0.25, -0.2) is 9.78 Å². The molecule has 23 heavy (non-hydrogen) atoms. The topological polar surface area (TPSA) is 63.2 Å². The Hall–Kier alpha value is -1.92. The van der Waals surface area contributed by atoms with Crippen LogP contribution in [-0.2, 0) is 17.8 Å². The monoisotopic (exact) mass is 333 g/mol. The van der Waals surface area contributed by atoms with Crippen LogP contribution in [0.2, 0.25) is 0 Å². The summed E-state index contributed by atoms with van der Waals surface area (Å²) in [6.45, 7) is 9.10. The van der Waals surface area contributed by atoms with Crippen molar-refractivity contribution in [2.75, 3.05) is 5.32 Å². The molecule has 6 heteroatoms. The van der Waals surface area contributed by atoms with Gasteiger partial charge >= 0.3 is 6.09 Å². The highest BCUT2D eigenvalue weighted by atomic mass is 32.1.